The lowest BCUT2D eigenvalue weighted by atomic mass is 9.81. The van der Waals surface area contributed by atoms with Crippen LogP contribution in [0.1, 0.15) is 36.5 Å². The average Bonchev–Trinajstić information content (AvgIpc) is 2.40. The van der Waals surface area contributed by atoms with Gasteiger partial charge in [0, 0.05) is 18.2 Å². The van der Waals surface area contributed by atoms with E-state index >= 15 is 0 Å². The van der Waals surface area contributed by atoms with Crippen molar-refractivity contribution in [3.8, 4) is 5.75 Å². The topological polar surface area (TPSA) is 64.3 Å². The Kier molecular flexibility index (Phi) is 4.80. The molecule has 4 nitrogen and oxygen atoms in total. The van der Waals surface area contributed by atoms with E-state index in [2.05, 4.69) is 12.2 Å². The number of nitrogens with two attached hydrogens (primary N) is 1. The first-order valence-corrected chi connectivity index (χ1v) is 6.95. The van der Waals surface area contributed by atoms with Crippen LogP contribution in [0.25, 0.3) is 0 Å². The predicted molar refractivity (Wildman–Crippen MR) is 75.3 cm³/mol. The highest BCUT2D eigenvalue weighted by Crippen LogP contribution is 2.24. The highest BCUT2D eigenvalue weighted by molar-refractivity contribution is 5.94. The van der Waals surface area contributed by atoms with E-state index in [1.165, 1.54) is 0 Å². The van der Waals surface area contributed by atoms with Crippen molar-refractivity contribution in [2.45, 2.75) is 32.2 Å². The highest BCUT2D eigenvalue weighted by Gasteiger charge is 2.25. The van der Waals surface area contributed by atoms with Crippen LogP contribution in [0.4, 0.5) is 0 Å². The number of carbonyl (C=O) groups excluding carboxylic acids is 1. The average molecular weight is 262 g/mol. The van der Waals surface area contributed by atoms with Crippen LogP contribution in [0, 0.1) is 5.92 Å². The Hall–Kier alpha value is -1.55. The van der Waals surface area contributed by atoms with Crippen LogP contribution in [0.5, 0.6) is 5.75 Å². The van der Waals surface area contributed by atoms with Gasteiger partial charge in [0.05, 0.1) is 6.61 Å². The number of carbonyl (C=O) groups is 1. The first kappa shape index (κ1) is 13.9. The molecular weight excluding hydrogens is 240 g/mol. The van der Waals surface area contributed by atoms with E-state index < -0.39 is 0 Å². The molecule has 2 rings (SSSR count). The van der Waals surface area contributed by atoms with E-state index in [9.17, 15) is 4.79 Å². The van der Waals surface area contributed by atoms with Crippen molar-refractivity contribution < 1.29 is 9.53 Å². The second kappa shape index (κ2) is 6.57. The van der Waals surface area contributed by atoms with Gasteiger partial charge in [0.25, 0.3) is 5.91 Å². The Morgan fingerprint density at radius 1 is 1.47 bits per heavy atom. The van der Waals surface area contributed by atoms with Crippen molar-refractivity contribution in [1.82, 2.24) is 5.32 Å². The molecule has 0 aromatic heterocycles. The molecule has 0 atom stereocenters. The molecule has 0 aliphatic heterocycles. The Balaban J connectivity index is 1.84. The SMILES string of the molecule is CCCOc1cccc(C(=O)NCC2CC(N)C2)c1. The minimum absolute atomic E-state index is 0.0394. The molecule has 1 aromatic rings. The van der Waals surface area contributed by atoms with Gasteiger partial charge in [-0.3, -0.25) is 4.79 Å². The maximum atomic E-state index is 12.0. The highest BCUT2D eigenvalue weighted by atomic mass is 16.5. The summed E-state index contributed by atoms with van der Waals surface area (Å²) in [4.78, 5) is 12.0. The minimum atomic E-state index is -0.0394. The van der Waals surface area contributed by atoms with E-state index in [1.807, 2.05) is 12.1 Å². The molecule has 4 heteroatoms. The summed E-state index contributed by atoms with van der Waals surface area (Å²) in [5, 5.41) is 2.95. The quantitative estimate of drug-likeness (QED) is 0.823. The molecule has 0 radical (unpaired) electrons. The van der Waals surface area contributed by atoms with E-state index in [0.717, 1.165) is 25.0 Å². The number of ether oxygens (including phenoxy) is 1. The van der Waals surface area contributed by atoms with Gasteiger partial charge in [-0.2, -0.15) is 0 Å². The van der Waals surface area contributed by atoms with Crippen LogP contribution in [-0.4, -0.2) is 25.1 Å². The number of hydrogen-bond donors (Lipinski definition) is 2. The Morgan fingerprint density at radius 3 is 2.95 bits per heavy atom. The van der Waals surface area contributed by atoms with Gasteiger partial charge in [0.1, 0.15) is 5.75 Å². The molecule has 0 unspecified atom stereocenters. The molecule has 104 valence electrons. The lowest BCUT2D eigenvalue weighted by Gasteiger charge is -2.32. The zero-order valence-corrected chi connectivity index (χ0v) is 11.4. The zero-order valence-electron chi connectivity index (χ0n) is 11.4. The molecule has 3 N–H and O–H groups in total. The summed E-state index contributed by atoms with van der Waals surface area (Å²) < 4.78 is 5.52. The summed E-state index contributed by atoms with van der Waals surface area (Å²) >= 11 is 0. The molecule has 1 saturated carbocycles. The van der Waals surface area contributed by atoms with Gasteiger partial charge in [0.2, 0.25) is 0 Å². The summed E-state index contributed by atoms with van der Waals surface area (Å²) in [7, 11) is 0. The third-order valence-corrected chi connectivity index (χ3v) is 3.39. The van der Waals surface area contributed by atoms with Gasteiger partial charge in [-0.05, 0) is 43.4 Å². The number of nitrogens with one attached hydrogen (secondary N) is 1. The molecule has 0 spiro atoms. The fourth-order valence-corrected chi connectivity index (χ4v) is 2.24. The third-order valence-electron chi connectivity index (χ3n) is 3.39. The monoisotopic (exact) mass is 262 g/mol. The summed E-state index contributed by atoms with van der Waals surface area (Å²) in [5.74, 6) is 1.25. The van der Waals surface area contributed by atoms with Gasteiger partial charge in [-0.25, -0.2) is 0 Å². The molecule has 1 amide bonds. The van der Waals surface area contributed by atoms with E-state index in [4.69, 9.17) is 10.5 Å². The van der Waals surface area contributed by atoms with Crippen molar-refractivity contribution in [2.75, 3.05) is 13.2 Å². The van der Waals surface area contributed by atoms with Gasteiger partial charge >= 0.3 is 0 Å². The molecule has 19 heavy (non-hydrogen) atoms. The molecule has 0 heterocycles. The Morgan fingerprint density at radius 2 is 2.26 bits per heavy atom. The van der Waals surface area contributed by atoms with E-state index in [-0.39, 0.29) is 5.91 Å². The number of rotatable bonds is 6. The van der Waals surface area contributed by atoms with Gasteiger partial charge in [0.15, 0.2) is 0 Å². The summed E-state index contributed by atoms with van der Waals surface area (Å²) in [6.45, 7) is 3.44. The normalized spacial score (nSPS) is 21.6. The first-order valence-electron chi connectivity index (χ1n) is 6.95. The molecule has 1 aromatic carbocycles. The van der Waals surface area contributed by atoms with Gasteiger partial charge < -0.3 is 15.8 Å². The molecule has 1 aliphatic rings. The first-order chi connectivity index (χ1) is 9.19. The molecule has 1 aliphatic carbocycles. The van der Waals surface area contributed by atoms with E-state index in [0.29, 0.717) is 30.7 Å². The molecule has 0 bridgehead atoms. The second-order valence-electron chi connectivity index (χ2n) is 5.18. The zero-order chi connectivity index (χ0) is 13.7. The maximum absolute atomic E-state index is 12.0. The third kappa shape index (κ3) is 3.96. The smallest absolute Gasteiger partial charge is 0.251 e. The van der Waals surface area contributed by atoms with Crippen molar-refractivity contribution in [1.29, 1.82) is 0 Å². The van der Waals surface area contributed by atoms with Gasteiger partial charge in [-0.1, -0.05) is 13.0 Å². The molecule has 0 saturated heterocycles. The summed E-state index contributed by atoms with van der Waals surface area (Å²) in [6.07, 6.45) is 2.98. The molecule has 1 fully saturated rings. The van der Waals surface area contributed by atoms with Crippen molar-refractivity contribution in [3.63, 3.8) is 0 Å². The molecular formula is C15H22N2O2. The van der Waals surface area contributed by atoms with Crippen molar-refractivity contribution >= 4 is 5.91 Å². The standard InChI is InChI=1S/C15H22N2O2/c1-2-6-19-14-5-3-4-12(9-14)15(18)17-10-11-7-13(16)8-11/h3-5,9,11,13H,2,6-8,10,16H2,1H3,(H,17,18). The minimum Gasteiger partial charge on any atom is -0.494 e. The van der Waals surface area contributed by atoms with E-state index in [1.54, 1.807) is 12.1 Å². The summed E-state index contributed by atoms with van der Waals surface area (Å²) in [6, 6.07) is 7.64. The lowest BCUT2D eigenvalue weighted by molar-refractivity contribution is 0.0935. The largest absolute Gasteiger partial charge is 0.494 e. The fourth-order valence-electron chi connectivity index (χ4n) is 2.24. The van der Waals surface area contributed by atoms with Gasteiger partial charge in [-0.15, -0.1) is 0 Å². The maximum Gasteiger partial charge on any atom is 0.251 e. The van der Waals surface area contributed by atoms with Crippen LogP contribution in [0.2, 0.25) is 0 Å². The lowest BCUT2D eigenvalue weighted by Crippen LogP contribution is -2.42. The summed E-state index contributed by atoms with van der Waals surface area (Å²) in [5.41, 5.74) is 6.37. The fraction of sp³-hybridized carbons (Fsp3) is 0.533. The number of benzene rings is 1. The van der Waals surface area contributed by atoms with Crippen molar-refractivity contribution in [3.05, 3.63) is 29.8 Å². The Labute approximate surface area is 114 Å². The Bertz CT molecular complexity index is 428. The van der Waals surface area contributed by atoms with Crippen molar-refractivity contribution in [2.24, 2.45) is 11.7 Å². The number of hydrogen-bond acceptors (Lipinski definition) is 3. The van der Waals surface area contributed by atoms with Crippen LogP contribution in [0.15, 0.2) is 24.3 Å². The van der Waals surface area contributed by atoms with Crippen LogP contribution >= 0.6 is 0 Å². The predicted octanol–water partition coefficient (Wildman–Crippen LogP) is 1.94. The van der Waals surface area contributed by atoms with Crippen LogP contribution in [-0.2, 0) is 0 Å². The van der Waals surface area contributed by atoms with Crippen LogP contribution in [0.3, 0.4) is 0 Å². The van der Waals surface area contributed by atoms with Crippen LogP contribution < -0.4 is 15.8 Å². The number of amides is 1. The second-order valence-corrected chi connectivity index (χ2v) is 5.18.